The van der Waals surface area contributed by atoms with Gasteiger partial charge in [-0.3, -0.25) is 19.2 Å². The molecule has 0 saturated heterocycles. The summed E-state index contributed by atoms with van der Waals surface area (Å²) in [6.07, 6.45) is 2.54. The van der Waals surface area contributed by atoms with Crippen LogP contribution < -0.4 is 21.7 Å². The second-order valence-electron chi connectivity index (χ2n) is 9.00. The lowest BCUT2D eigenvalue weighted by Crippen LogP contribution is -2.58. The number of carbonyl (C=O) groups is 5. The molecular weight excluding hydrogens is 496 g/mol. The molecule has 13 nitrogen and oxygen atoms in total. The average molecular weight is 531 g/mol. The SMILES string of the molecule is CCC(C)C(N)C(=O)NC(CC(=O)O)C(=O)NC(Cc1ccccc1)C(=O)NC(Cc1cnc[nH]1)C(=O)O. The maximum absolute atomic E-state index is 13.2. The van der Waals surface area contributed by atoms with E-state index in [-0.39, 0.29) is 18.8 Å². The van der Waals surface area contributed by atoms with Crippen molar-refractivity contribution >= 4 is 29.7 Å². The molecule has 8 N–H and O–H groups in total. The molecule has 5 atom stereocenters. The summed E-state index contributed by atoms with van der Waals surface area (Å²) in [6, 6.07) is 3.57. The number of hydrogen-bond acceptors (Lipinski definition) is 7. The quantitative estimate of drug-likeness (QED) is 0.159. The van der Waals surface area contributed by atoms with Crippen molar-refractivity contribution in [3.05, 3.63) is 54.1 Å². The first kappa shape index (κ1) is 30.0. The van der Waals surface area contributed by atoms with Crippen molar-refractivity contribution in [2.75, 3.05) is 0 Å². The van der Waals surface area contributed by atoms with Gasteiger partial charge in [0, 0.05) is 24.7 Å². The zero-order valence-corrected chi connectivity index (χ0v) is 21.2. The van der Waals surface area contributed by atoms with Crippen LogP contribution in [0.15, 0.2) is 42.9 Å². The molecule has 0 saturated carbocycles. The lowest BCUT2D eigenvalue weighted by atomic mass is 9.98. The molecule has 5 unspecified atom stereocenters. The molecular formula is C25H34N6O7. The molecule has 13 heteroatoms. The molecule has 0 aliphatic carbocycles. The van der Waals surface area contributed by atoms with Gasteiger partial charge in [-0.15, -0.1) is 0 Å². The van der Waals surface area contributed by atoms with E-state index in [1.165, 1.54) is 12.5 Å². The van der Waals surface area contributed by atoms with Gasteiger partial charge in [-0.1, -0.05) is 50.6 Å². The van der Waals surface area contributed by atoms with E-state index < -0.39 is 60.2 Å². The number of carboxylic acids is 2. The van der Waals surface area contributed by atoms with Crippen LogP contribution in [0.3, 0.4) is 0 Å². The van der Waals surface area contributed by atoms with Crippen LogP contribution in [-0.4, -0.2) is 74.0 Å². The van der Waals surface area contributed by atoms with E-state index in [1.54, 1.807) is 37.3 Å². The van der Waals surface area contributed by atoms with E-state index in [9.17, 15) is 34.2 Å². The number of rotatable bonds is 15. The minimum Gasteiger partial charge on any atom is -0.481 e. The van der Waals surface area contributed by atoms with E-state index >= 15 is 0 Å². The van der Waals surface area contributed by atoms with Gasteiger partial charge in [-0.05, 0) is 11.5 Å². The normalized spacial score (nSPS) is 14.8. The van der Waals surface area contributed by atoms with Gasteiger partial charge >= 0.3 is 11.9 Å². The Kier molecular flexibility index (Phi) is 11.4. The molecule has 0 aliphatic heterocycles. The largest absolute Gasteiger partial charge is 0.481 e. The summed E-state index contributed by atoms with van der Waals surface area (Å²) in [4.78, 5) is 68.7. The van der Waals surface area contributed by atoms with Gasteiger partial charge in [-0.25, -0.2) is 9.78 Å². The summed E-state index contributed by atoms with van der Waals surface area (Å²) in [6.45, 7) is 3.58. The first-order valence-electron chi connectivity index (χ1n) is 12.1. The summed E-state index contributed by atoms with van der Waals surface area (Å²) in [5.74, 6) is -5.29. The molecule has 0 bridgehead atoms. The van der Waals surface area contributed by atoms with Gasteiger partial charge in [0.25, 0.3) is 0 Å². The van der Waals surface area contributed by atoms with Crippen molar-refractivity contribution in [2.45, 2.75) is 63.7 Å². The van der Waals surface area contributed by atoms with Crippen LogP contribution in [0, 0.1) is 5.92 Å². The van der Waals surface area contributed by atoms with Crippen LogP contribution >= 0.6 is 0 Å². The van der Waals surface area contributed by atoms with E-state index in [1.807, 2.05) is 6.92 Å². The highest BCUT2D eigenvalue weighted by Crippen LogP contribution is 2.09. The van der Waals surface area contributed by atoms with Crippen LogP contribution in [0.1, 0.15) is 37.9 Å². The average Bonchev–Trinajstić information content (AvgIpc) is 3.39. The summed E-state index contributed by atoms with van der Waals surface area (Å²) < 4.78 is 0. The van der Waals surface area contributed by atoms with Crippen molar-refractivity contribution in [1.82, 2.24) is 25.9 Å². The number of benzene rings is 1. The fourth-order valence-electron chi connectivity index (χ4n) is 3.58. The van der Waals surface area contributed by atoms with Gasteiger partial charge in [0.15, 0.2) is 0 Å². The van der Waals surface area contributed by atoms with Gasteiger partial charge < -0.3 is 36.9 Å². The van der Waals surface area contributed by atoms with Crippen LogP contribution in [0.5, 0.6) is 0 Å². The number of nitrogens with zero attached hydrogens (tertiary/aromatic N) is 1. The molecule has 0 radical (unpaired) electrons. The topological polar surface area (TPSA) is 217 Å². The fraction of sp³-hybridized carbons (Fsp3) is 0.440. The van der Waals surface area contributed by atoms with Crippen LogP contribution in [-0.2, 0) is 36.8 Å². The van der Waals surface area contributed by atoms with E-state index in [0.717, 1.165) is 0 Å². The highest BCUT2D eigenvalue weighted by Gasteiger charge is 2.32. The number of H-pyrrole nitrogens is 1. The summed E-state index contributed by atoms with van der Waals surface area (Å²) in [5, 5.41) is 26.2. The second-order valence-corrected chi connectivity index (χ2v) is 9.00. The molecule has 38 heavy (non-hydrogen) atoms. The number of nitrogens with one attached hydrogen (secondary N) is 4. The van der Waals surface area contributed by atoms with Crippen LogP contribution in [0.4, 0.5) is 0 Å². The molecule has 2 rings (SSSR count). The number of aromatic amines is 1. The molecule has 0 spiro atoms. The minimum absolute atomic E-state index is 0.0189. The Hall–Kier alpha value is -4.26. The third-order valence-electron chi connectivity index (χ3n) is 6.08. The molecule has 1 aromatic heterocycles. The Balaban J connectivity index is 2.24. The fourth-order valence-corrected chi connectivity index (χ4v) is 3.58. The number of aliphatic carboxylic acids is 2. The molecule has 1 heterocycles. The number of aromatic nitrogens is 2. The third kappa shape index (κ3) is 9.32. The molecule has 1 aromatic carbocycles. The Morgan fingerprint density at radius 1 is 0.921 bits per heavy atom. The highest BCUT2D eigenvalue weighted by molar-refractivity contribution is 5.95. The van der Waals surface area contributed by atoms with Gasteiger partial charge in [0.1, 0.15) is 18.1 Å². The minimum atomic E-state index is -1.51. The number of amides is 3. The van der Waals surface area contributed by atoms with E-state index in [0.29, 0.717) is 17.7 Å². The summed E-state index contributed by atoms with van der Waals surface area (Å²) in [5.41, 5.74) is 7.06. The van der Waals surface area contributed by atoms with Crippen molar-refractivity contribution in [3.8, 4) is 0 Å². The predicted octanol–water partition coefficient (Wildman–Crippen LogP) is -0.418. The van der Waals surface area contributed by atoms with E-state index in [2.05, 4.69) is 25.9 Å². The zero-order valence-electron chi connectivity index (χ0n) is 21.2. The van der Waals surface area contributed by atoms with Crippen LogP contribution in [0.25, 0.3) is 0 Å². The molecule has 3 amide bonds. The Morgan fingerprint density at radius 2 is 1.53 bits per heavy atom. The summed E-state index contributed by atoms with van der Waals surface area (Å²) in [7, 11) is 0. The number of nitrogens with two attached hydrogens (primary N) is 1. The lowest BCUT2D eigenvalue weighted by Gasteiger charge is -2.25. The first-order chi connectivity index (χ1) is 18.0. The van der Waals surface area contributed by atoms with Gasteiger partial charge in [0.2, 0.25) is 17.7 Å². The maximum Gasteiger partial charge on any atom is 0.326 e. The zero-order chi connectivity index (χ0) is 28.2. The van der Waals surface area contributed by atoms with Crippen molar-refractivity contribution in [2.24, 2.45) is 11.7 Å². The monoisotopic (exact) mass is 530 g/mol. The lowest BCUT2D eigenvalue weighted by molar-refractivity contribution is -0.143. The number of carboxylic acid groups (broad SMARTS) is 2. The molecule has 0 aliphatic rings. The number of imidazole rings is 1. The van der Waals surface area contributed by atoms with Gasteiger partial charge in [-0.2, -0.15) is 0 Å². The maximum atomic E-state index is 13.2. The van der Waals surface area contributed by atoms with Crippen LogP contribution in [0.2, 0.25) is 0 Å². The smallest absolute Gasteiger partial charge is 0.326 e. The molecule has 206 valence electrons. The second kappa shape index (κ2) is 14.5. The number of carbonyl (C=O) groups excluding carboxylic acids is 3. The highest BCUT2D eigenvalue weighted by atomic mass is 16.4. The first-order valence-corrected chi connectivity index (χ1v) is 12.1. The molecule has 2 aromatic rings. The van der Waals surface area contributed by atoms with Gasteiger partial charge in [0.05, 0.1) is 18.8 Å². The Bertz CT molecular complexity index is 1090. The predicted molar refractivity (Wildman–Crippen MR) is 136 cm³/mol. The van der Waals surface area contributed by atoms with E-state index in [4.69, 9.17) is 5.73 Å². The number of hydrogen-bond donors (Lipinski definition) is 7. The Labute approximate surface area is 219 Å². The third-order valence-corrected chi connectivity index (χ3v) is 6.08. The Morgan fingerprint density at radius 3 is 2.08 bits per heavy atom. The standard InChI is InChI=1S/C25H34N6O7/c1-3-14(2)21(26)24(36)30-18(11-20(32)33)23(35)29-17(9-15-7-5-4-6-8-15)22(34)31-19(25(37)38)10-16-12-27-13-28-16/h4-8,12-14,17-19,21H,3,9-11,26H2,1-2H3,(H,27,28)(H,29,35)(H,30,36)(H,31,34)(H,32,33)(H,37,38). The summed E-state index contributed by atoms with van der Waals surface area (Å²) >= 11 is 0. The van der Waals surface area contributed by atoms with Crippen molar-refractivity contribution in [1.29, 1.82) is 0 Å². The van der Waals surface area contributed by atoms with Crippen molar-refractivity contribution in [3.63, 3.8) is 0 Å². The van der Waals surface area contributed by atoms with Crippen molar-refractivity contribution < 1.29 is 34.2 Å². The molecule has 0 fully saturated rings.